The highest BCUT2D eigenvalue weighted by molar-refractivity contribution is 7.47. The van der Waals surface area contributed by atoms with Gasteiger partial charge in [0.05, 0.1) is 26.4 Å². The zero-order valence-electron chi connectivity index (χ0n) is 66.8. The number of hydrogen-bond acceptors (Lipinski definition) is 15. The van der Waals surface area contributed by atoms with Gasteiger partial charge in [-0.15, -0.1) is 0 Å². The van der Waals surface area contributed by atoms with E-state index < -0.39 is 97.5 Å². The third kappa shape index (κ3) is 77.6. The smallest absolute Gasteiger partial charge is 0.462 e. The number of carbonyl (C=O) groups excluding carboxylic acids is 4. The van der Waals surface area contributed by atoms with Crippen LogP contribution in [0.25, 0.3) is 0 Å². The molecule has 0 bridgehead atoms. The normalized spacial score (nSPS) is 14.4. The van der Waals surface area contributed by atoms with Gasteiger partial charge in [0, 0.05) is 25.7 Å². The minimum atomic E-state index is -4.99. The Morgan fingerprint density at radius 3 is 0.840 bits per heavy atom. The number of hydrogen-bond donors (Lipinski definition) is 3. The van der Waals surface area contributed by atoms with Crippen molar-refractivity contribution in [2.24, 2.45) is 0 Å². The van der Waals surface area contributed by atoms with E-state index in [1.807, 2.05) is 18.2 Å². The molecule has 0 aliphatic carbocycles. The molecule has 106 heavy (non-hydrogen) atoms. The second-order valence-electron chi connectivity index (χ2n) is 27.7. The number of ether oxygens (including phenoxy) is 4. The van der Waals surface area contributed by atoms with Crippen molar-refractivity contribution >= 4 is 39.5 Å². The molecule has 0 saturated carbocycles. The molecule has 0 aliphatic rings. The molecular weight excluding hydrogens is 1380 g/mol. The fourth-order valence-corrected chi connectivity index (χ4v) is 12.7. The number of aliphatic hydroxyl groups is 1. The Morgan fingerprint density at radius 2 is 0.509 bits per heavy atom. The Kier molecular flexibility index (Phi) is 75.2. The summed E-state index contributed by atoms with van der Waals surface area (Å²) in [6.45, 7) is 4.66. The van der Waals surface area contributed by atoms with Crippen molar-refractivity contribution in [3.63, 3.8) is 0 Å². The number of allylic oxidation sites excluding steroid dienone is 20. The minimum Gasteiger partial charge on any atom is -0.462 e. The number of rotatable bonds is 78. The van der Waals surface area contributed by atoms with Crippen LogP contribution in [0.5, 0.6) is 0 Å². The lowest BCUT2D eigenvalue weighted by molar-refractivity contribution is -0.161. The largest absolute Gasteiger partial charge is 0.472 e. The van der Waals surface area contributed by atoms with Crippen LogP contribution in [0.15, 0.2) is 122 Å². The number of esters is 4. The molecule has 3 N–H and O–H groups in total. The van der Waals surface area contributed by atoms with Gasteiger partial charge in [-0.3, -0.25) is 37.3 Å². The predicted octanol–water partition coefficient (Wildman–Crippen LogP) is 24.7. The van der Waals surface area contributed by atoms with Gasteiger partial charge in [0.2, 0.25) is 0 Å². The second-order valence-corrected chi connectivity index (χ2v) is 30.6. The predicted molar refractivity (Wildman–Crippen MR) is 436 cm³/mol. The summed E-state index contributed by atoms with van der Waals surface area (Å²) >= 11 is 0. The van der Waals surface area contributed by atoms with Crippen LogP contribution < -0.4 is 0 Å². The number of phosphoric acid groups is 2. The fourth-order valence-electron chi connectivity index (χ4n) is 11.1. The van der Waals surface area contributed by atoms with Crippen LogP contribution in [0.2, 0.25) is 0 Å². The van der Waals surface area contributed by atoms with Crippen molar-refractivity contribution in [2.45, 2.75) is 367 Å². The van der Waals surface area contributed by atoms with Gasteiger partial charge in [-0.25, -0.2) is 9.13 Å². The summed E-state index contributed by atoms with van der Waals surface area (Å²) in [5, 5.41) is 10.7. The molecule has 5 atom stereocenters. The summed E-state index contributed by atoms with van der Waals surface area (Å²) in [5.74, 6) is -2.28. The summed E-state index contributed by atoms with van der Waals surface area (Å²) < 4.78 is 68.6. The van der Waals surface area contributed by atoms with Crippen molar-refractivity contribution in [2.75, 3.05) is 39.6 Å². The van der Waals surface area contributed by atoms with Gasteiger partial charge >= 0.3 is 39.5 Å². The zero-order valence-corrected chi connectivity index (χ0v) is 68.6. The summed E-state index contributed by atoms with van der Waals surface area (Å²) in [6, 6.07) is 0. The van der Waals surface area contributed by atoms with E-state index in [2.05, 4.69) is 131 Å². The number of carbonyl (C=O) groups is 4. The lowest BCUT2D eigenvalue weighted by Crippen LogP contribution is -2.30. The Hall–Kier alpha value is -4.54. The first kappa shape index (κ1) is 101. The molecule has 0 aromatic carbocycles. The van der Waals surface area contributed by atoms with E-state index in [9.17, 15) is 43.2 Å². The highest BCUT2D eigenvalue weighted by Crippen LogP contribution is 2.45. The molecule has 0 fully saturated rings. The van der Waals surface area contributed by atoms with E-state index in [1.165, 1.54) is 109 Å². The molecule has 610 valence electrons. The summed E-state index contributed by atoms with van der Waals surface area (Å²) in [7, 11) is -9.98. The molecule has 5 unspecified atom stereocenters. The Morgan fingerprint density at radius 1 is 0.274 bits per heavy atom. The molecule has 19 heteroatoms. The first-order chi connectivity index (χ1) is 51.7. The van der Waals surface area contributed by atoms with Gasteiger partial charge in [-0.05, 0) is 128 Å². The van der Waals surface area contributed by atoms with Gasteiger partial charge in [0.15, 0.2) is 12.2 Å². The Balaban J connectivity index is 5.41. The van der Waals surface area contributed by atoms with Crippen LogP contribution in [0.1, 0.15) is 349 Å². The number of unbranched alkanes of at least 4 members (excludes halogenated alkanes) is 32. The third-order valence-electron chi connectivity index (χ3n) is 17.4. The van der Waals surface area contributed by atoms with Crippen LogP contribution >= 0.6 is 15.6 Å². The molecule has 0 saturated heterocycles. The highest BCUT2D eigenvalue weighted by Gasteiger charge is 2.30. The van der Waals surface area contributed by atoms with E-state index in [0.29, 0.717) is 32.1 Å². The summed E-state index contributed by atoms with van der Waals surface area (Å²) in [5.41, 5.74) is 0. The maximum atomic E-state index is 13.1. The van der Waals surface area contributed by atoms with Crippen LogP contribution in [0.3, 0.4) is 0 Å². The molecule has 0 spiro atoms. The van der Waals surface area contributed by atoms with E-state index in [1.54, 1.807) is 0 Å². The summed E-state index contributed by atoms with van der Waals surface area (Å²) in [4.78, 5) is 73.1. The molecule has 0 aliphatic heterocycles. The zero-order chi connectivity index (χ0) is 77.4. The van der Waals surface area contributed by atoms with Crippen molar-refractivity contribution < 1.29 is 80.2 Å². The Labute approximate surface area is 644 Å². The van der Waals surface area contributed by atoms with E-state index in [0.717, 1.165) is 154 Å². The maximum absolute atomic E-state index is 13.1. The monoisotopic (exact) mass is 1530 g/mol. The molecule has 0 radical (unpaired) electrons. The van der Waals surface area contributed by atoms with Gasteiger partial charge in [-0.1, -0.05) is 316 Å². The first-order valence-electron chi connectivity index (χ1n) is 41.8. The van der Waals surface area contributed by atoms with Gasteiger partial charge in [0.25, 0.3) is 0 Å². The van der Waals surface area contributed by atoms with E-state index in [4.69, 9.17) is 37.0 Å². The van der Waals surface area contributed by atoms with Crippen LogP contribution in [0.4, 0.5) is 0 Å². The number of aliphatic hydroxyl groups excluding tert-OH is 1. The average molecular weight is 1530 g/mol. The van der Waals surface area contributed by atoms with Gasteiger partial charge in [0.1, 0.15) is 19.3 Å². The molecular formula is C87H150O17P2. The standard InChI is InChI=1S/C87H150O17P2/c1-5-9-13-17-21-25-29-33-36-38-40-42-45-48-51-55-59-63-67-71-84(89)97-77-82(103-86(91)73-69-65-61-57-53-47-32-28-24-20-16-12-8-4)79-101-105(93,94)99-75-81(88)76-100-106(95,96)102-80-83(104-87(92)74-70-66-62-58-54-50-44-35-31-27-23-19-15-11-7-3)78-98-85(90)72-68-64-60-56-52-49-46-43-41-39-37-34-30-26-22-18-14-10-6-2/h9,13,21-22,25-26,33-37,40-44,48,51,59,63,81-83,88H,5-8,10-12,14-20,23-24,27-32,38-39,45-47,49-50,52-58,60-62,64-80H2,1-4H3,(H,93,94)(H,95,96)/b13-9-,25-21-,26-22-,36-33-,37-34-,42-40-,43-41-,44-35-,51-48-,63-59-. The van der Waals surface area contributed by atoms with E-state index in [-0.39, 0.29) is 25.7 Å². The SMILES string of the molecule is CC/C=C\C/C=C\C/C=C\C/C=C\C/C=C\C/C=C\CCC(=O)OCC(COP(=O)(O)OCC(O)COP(=O)(O)OCC(COC(=O)CCCCCCCC/C=C\C/C=C\C/C=C\CCCCC)OC(=O)CCCCCCC/C=C\CCCCCCCC)OC(=O)CCCCCCCCCCCCCCC. The highest BCUT2D eigenvalue weighted by atomic mass is 31.2. The lowest BCUT2D eigenvalue weighted by Gasteiger charge is -2.21. The summed E-state index contributed by atoms with van der Waals surface area (Å²) in [6.07, 6.45) is 87.5. The van der Waals surface area contributed by atoms with Crippen LogP contribution in [-0.2, 0) is 65.4 Å². The van der Waals surface area contributed by atoms with Gasteiger partial charge < -0.3 is 33.8 Å². The third-order valence-corrected chi connectivity index (χ3v) is 19.3. The second kappa shape index (κ2) is 78.6. The van der Waals surface area contributed by atoms with Crippen molar-refractivity contribution in [3.05, 3.63) is 122 Å². The molecule has 0 heterocycles. The molecule has 0 aromatic rings. The molecule has 0 rings (SSSR count). The molecule has 0 amide bonds. The fraction of sp³-hybridized carbons (Fsp3) is 0.724. The topological polar surface area (TPSA) is 237 Å². The number of phosphoric ester groups is 2. The van der Waals surface area contributed by atoms with Gasteiger partial charge in [-0.2, -0.15) is 0 Å². The molecule has 17 nitrogen and oxygen atoms in total. The van der Waals surface area contributed by atoms with Crippen molar-refractivity contribution in [1.82, 2.24) is 0 Å². The minimum absolute atomic E-state index is 0.0363. The maximum Gasteiger partial charge on any atom is 0.472 e. The van der Waals surface area contributed by atoms with Crippen LogP contribution in [-0.4, -0.2) is 96.7 Å². The van der Waals surface area contributed by atoms with Crippen molar-refractivity contribution in [3.8, 4) is 0 Å². The van der Waals surface area contributed by atoms with E-state index >= 15 is 0 Å². The first-order valence-corrected chi connectivity index (χ1v) is 44.8. The van der Waals surface area contributed by atoms with Crippen molar-refractivity contribution in [1.29, 1.82) is 0 Å². The average Bonchev–Trinajstić information content (AvgIpc) is 0.901. The quantitative estimate of drug-likeness (QED) is 0.0169. The lowest BCUT2D eigenvalue weighted by atomic mass is 10.0. The Bertz CT molecular complexity index is 2480. The molecule has 0 aromatic heterocycles. The van der Waals surface area contributed by atoms with Crippen LogP contribution in [0, 0.1) is 0 Å².